The van der Waals surface area contributed by atoms with Gasteiger partial charge in [0.25, 0.3) is 0 Å². The number of carbonyl (C=O) groups excluding carboxylic acids is 1. The summed E-state index contributed by atoms with van der Waals surface area (Å²) in [5.41, 5.74) is 4.77. The largest absolute Gasteiger partial charge is 0.392 e. The molecule has 19 heavy (non-hydrogen) atoms. The first-order valence-electron chi connectivity index (χ1n) is 5.92. The van der Waals surface area contributed by atoms with Gasteiger partial charge in [-0.1, -0.05) is 36.8 Å². The zero-order valence-corrected chi connectivity index (χ0v) is 11.9. The Labute approximate surface area is 121 Å². The lowest BCUT2D eigenvalue weighted by Gasteiger charge is -2.44. The van der Waals surface area contributed by atoms with Crippen LogP contribution in [0.5, 0.6) is 0 Å². The van der Waals surface area contributed by atoms with Gasteiger partial charge in [-0.2, -0.15) is 0 Å². The zero-order chi connectivity index (χ0) is 14.2. The van der Waals surface area contributed by atoms with E-state index in [-0.39, 0.29) is 21.6 Å². The summed E-state index contributed by atoms with van der Waals surface area (Å²) >= 11 is 10.9. The van der Waals surface area contributed by atoms with Gasteiger partial charge < -0.3 is 11.1 Å². The molecule has 2 rings (SSSR count). The number of rotatable bonds is 3. The molecular weight excluding hydrogens is 287 g/mol. The molecule has 0 unspecified atom stereocenters. The van der Waals surface area contributed by atoms with Gasteiger partial charge in [-0.15, -0.1) is 0 Å². The van der Waals surface area contributed by atoms with Gasteiger partial charge >= 0.3 is 0 Å². The summed E-state index contributed by atoms with van der Waals surface area (Å²) in [5, 5.41) is 2.66. The molecule has 0 aromatic heterocycles. The zero-order valence-electron chi connectivity index (χ0n) is 10.4. The average Bonchev–Trinajstić information content (AvgIpc) is 2.29. The molecule has 3 nitrogen and oxygen atoms in total. The van der Waals surface area contributed by atoms with E-state index in [1.54, 1.807) is 0 Å². The van der Waals surface area contributed by atoms with Crippen molar-refractivity contribution < 1.29 is 9.18 Å². The highest BCUT2D eigenvalue weighted by molar-refractivity contribution is 7.80. The molecule has 1 aromatic rings. The number of hydrogen-bond acceptors (Lipinski definition) is 2. The third-order valence-corrected chi connectivity index (χ3v) is 4.21. The quantitative estimate of drug-likeness (QED) is 0.843. The van der Waals surface area contributed by atoms with Crippen LogP contribution in [0.15, 0.2) is 18.2 Å². The predicted molar refractivity (Wildman–Crippen MR) is 77.7 cm³/mol. The minimum atomic E-state index is -0.875. The highest BCUT2D eigenvalue weighted by Crippen LogP contribution is 2.46. The van der Waals surface area contributed by atoms with Gasteiger partial charge in [0, 0.05) is 0 Å². The van der Waals surface area contributed by atoms with Gasteiger partial charge in [0.05, 0.1) is 21.1 Å². The third kappa shape index (κ3) is 2.44. The molecule has 3 N–H and O–H groups in total. The first kappa shape index (κ1) is 14.2. The van der Waals surface area contributed by atoms with Gasteiger partial charge in [-0.3, -0.25) is 4.79 Å². The molecule has 1 aromatic carbocycles. The Hall–Kier alpha value is -1.20. The Morgan fingerprint density at radius 2 is 2.21 bits per heavy atom. The van der Waals surface area contributed by atoms with Crippen molar-refractivity contribution >= 4 is 40.4 Å². The number of nitrogens with two attached hydrogens (primary N) is 1. The summed E-state index contributed by atoms with van der Waals surface area (Å²) in [7, 11) is 0. The Morgan fingerprint density at radius 1 is 1.58 bits per heavy atom. The molecule has 1 amide bonds. The lowest BCUT2D eigenvalue weighted by molar-refractivity contribution is -0.127. The Kier molecular flexibility index (Phi) is 3.78. The summed E-state index contributed by atoms with van der Waals surface area (Å²) < 4.78 is 13.6. The van der Waals surface area contributed by atoms with E-state index in [0.29, 0.717) is 18.8 Å². The van der Waals surface area contributed by atoms with Crippen LogP contribution in [-0.4, -0.2) is 10.9 Å². The van der Waals surface area contributed by atoms with Crippen LogP contribution in [0.25, 0.3) is 0 Å². The molecule has 0 spiro atoms. The Bertz CT molecular complexity index is 523. The van der Waals surface area contributed by atoms with E-state index in [4.69, 9.17) is 29.6 Å². The highest BCUT2D eigenvalue weighted by atomic mass is 35.5. The van der Waals surface area contributed by atoms with E-state index in [1.807, 2.05) is 6.92 Å². The van der Waals surface area contributed by atoms with Gasteiger partial charge in [-0.25, -0.2) is 4.39 Å². The van der Waals surface area contributed by atoms with Crippen LogP contribution < -0.4 is 11.1 Å². The third-order valence-electron chi connectivity index (χ3n) is 3.50. The Morgan fingerprint density at radius 3 is 2.68 bits per heavy atom. The van der Waals surface area contributed by atoms with E-state index in [1.165, 1.54) is 18.2 Å². The summed E-state index contributed by atoms with van der Waals surface area (Å²) in [6.07, 6.45) is 1.17. The van der Waals surface area contributed by atoms with Gasteiger partial charge in [0.1, 0.15) is 5.82 Å². The maximum absolute atomic E-state index is 13.6. The van der Waals surface area contributed by atoms with Crippen molar-refractivity contribution in [3.8, 4) is 0 Å². The summed E-state index contributed by atoms with van der Waals surface area (Å²) in [5.74, 6) is -0.584. The van der Waals surface area contributed by atoms with Crippen LogP contribution in [0.3, 0.4) is 0 Å². The lowest BCUT2D eigenvalue weighted by atomic mass is 9.62. The predicted octanol–water partition coefficient (Wildman–Crippen LogP) is 3.12. The summed E-state index contributed by atoms with van der Waals surface area (Å²) in [4.78, 5) is 12.5. The molecule has 0 heterocycles. The first-order chi connectivity index (χ1) is 8.86. The van der Waals surface area contributed by atoms with Crippen molar-refractivity contribution in [1.29, 1.82) is 0 Å². The fourth-order valence-electron chi connectivity index (χ4n) is 2.48. The molecule has 0 radical (unpaired) electrons. The number of halogens is 2. The van der Waals surface area contributed by atoms with E-state index in [0.717, 1.165) is 0 Å². The van der Waals surface area contributed by atoms with Crippen LogP contribution in [0.4, 0.5) is 10.1 Å². The van der Waals surface area contributed by atoms with Crippen LogP contribution >= 0.6 is 23.8 Å². The number of anilines is 1. The molecule has 1 saturated carbocycles. The SMILES string of the molecule is CC1CC(C(=O)Nc2c(F)cccc2Cl)(C(N)=S)C1. The first-order valence-corrected chi connectivity index (χ1v) is 6.71. The normalized spacial score (nSPS) is 25.5. The lowest BCUT2D eigenvalue weighted by Crippen LogP contribution is -2.54. The van der Waals surface area contributed by atoms with Gasteiger partial charge in [-0.05, 0) is 30.9 Å². The number of thiocarbonyl (C=S) groups is 1. The second-order valence-corrected chi connectivity index (χ2v) is 5.86. The fourth-order valence-corrected chi connectivity index (χ4v) is 2.95. The number of benzene rings is 1. The second-order valence-electron chi connectivity index (χ2n) is 5.01. The fraction of sp³-hybridized carbons (Fsp3) is 0.385. The standard InChI is InChI=1S/C13H14ClFN2OS/c1-7-5-13(6-7,11(16)19)12(18)17-10-8(14)3-2-4-9(10)15/h2-4,7H,5-6H2,1H3,(H2,16,19)(H,17,18). The molecule has 6 heteroatoms. The molecule has 1 fully saturated rings. The molecule has 1 aliphatic carbocycles. The summed E-state index contributed by atoms with van der Waals surface area (Å²) in [6.45, 7) is 2.01. The number of para-hydroxylation sites is 1. The molecule has 0 atom stereocenters. The van der Waals surface area contributed by atoms with Crippen molar-refractivity contribution in [3.63, 3.8) is 0 Å². The van der Waals surface area contributed by atoms with Crippen molar-refractivity contribution in [2.24, 2.45) is 17.1 Å². The molecule has 0 bridgehead atoms. The topological polar surface area (TPSA) is 55.1 Å². The minimum Gasteiger partial charge on any atom is -0.392 e. The summed E-state index contributed by atoms with van der Waals surface area (Å²) in [6, 6.07) is 4.22. The van der Waals surface area contributed by atoms with Gasteiger partial charge in [0.2, 0.25) is 5.91 Å². The van der Waals surface area contributed by atoms with Gasteiger partial charge in [0.15, 0.2) is 0 Å². The number of nitrogens with one attached hydrogen (secondary N) is 1. The second kappa shape index (κ2) is 5.06. The van der Waals surface area contributed by atoms with Crippen LogP contribution in [0.2, 0.25) is 5.02 Å². The van der Waals surface area contributed by atoms with E-state index < -0.39 is 11.2 Å². The van der Waals surface area contributed by atoms with Crippen molar-refractivity contribution in [2.45, 2.75) is 19.8 Å². The monoisotopic (exact) mass is 300 g/mol. The van der Waals surface area contributed by atoms with Crippen LogP contribution in [0, 0.1) is 17.2 Å². The van der Waals surface area contributed by atoms with E-state index in [2.05, 4.69) is 5.32 Å². The number of hydrogen-bond donors (Lipinski definition) is 2. The number of amides is 1. The van der Waals surface area contributed by atoms with Crippen molar-refractivity contribution in [2.75, 3.05) is 5.32 Å². The molecule has 102 valence electrons. The molecule has 0 aliphatic heterocycles. The molecular formula is C13H14ClFN2OS. The van der Waals surface area contributed by atoms with Crippen molar-refractivity contribution in [1.82, 2.24) is 0 Å². The molecule has 0 saturated heterocycles. The minimum absolute atomic E-state index is 0.0238. The molecule has 1 aliphatic rings. The van der Waals surface area contributed by atoms with Crippen LogP contribution in [-0.2, 0) is 4.79 Å². The van der Waals surface area contributed by atoms with Crippen molar-refractivity contribution in [3.05, 3.63) is 29.0 Å². The van der Waals surface area contributed by atoms with Crippen LogP contribution in [0.1, 0.15) is 19.8 Å². The highest BCUT2D eigenvalue weighted by Gasteiger charge is 2.51. The maximum atomic E-state index is 13.6. The van der Waals surface area contributed by atoms with E-state index in [9.17, 15) is 9.18 Å². The number of carbonyl (C=O) groups is 1. The Balaban J connectivity index is 2.24. The van der Waals surface area contributed by atoms with E-state index >= 15 is 0 Å². The average molecular weight is 301 g/mol. The smallest absolute Gasteiger partial charge is 0.237 e. The maximum Gasteiger partial charge on any atom is 0.237 e.